The maximum absolute atomic E-state index is 11.8. The molecule has 0 aliphatic carbocycles. The fraction of sp³-hybridized carbons (Fsp3) is 0.556. The minimum atomic E-state index is -4.15. The van der Waals surface area contributed by atoms with Gasteiger partial charge in [0.1, 0.15) is 0 Å². The van der Waals surface area contributed by atoms with Gasteiger partial charge in [0.25, 0.3) is 0 Å². The number of alkyl halides is 3. The number of aryl methyl sites for hydroxylation is 1. The van der Waals surface area contributed by atoms with Crippen LogP contribution in [0.1, 0.15) is 18.5 Å². The van der Waals surface area contributed by atoms with Crippen LogP contribution in [0.2, 0.25) is 5.28 Å². The molecule has 0 N–H and O–H groups in total. The molecule has 0 fully saturated rings. The van der Waals surface area contributed by atoms with E-state index in [4.69, 9.17) is 16.3 Å². The summed E-state index contributed by atoms with van der Waals surface area (Å²) in [4.78, 5) is 7.51. The molecule has 0 aliphatic rings. The molecule has 1 rings (SSSR count). The predicted molar refractivity (Wildman–Crippen MR) is 52.6 cm³/mol. The largest absolute Gasteiger partial charge is 0.478 e. The van der Waals surface area contributed by atoms with Gasteiger partial charge in [-0.2, -0.15) is 18.2 Å². The lowest BCUT2D eigenvalue weighted by molar-refractivity contribution is -0.136. The van der Waals surface area contributed by atoms with Crippen LogP contribution in [0.3, 0.4) is 0 Å². The van der Waals surface area contributed by atoms with E-state index in [2.05, 4.69) is 9.97 Å². The van der Waals surface area contributed by atoms with Gasteiger partial charge < -0.3 is 4.74 Å². The van der Waals surface area contributed by atoms with Crippen molar-refractivity contribution in [1.82, 2.24) is 9.97 Å². The van der Waals surface area contributed by atoms with E-state index in [0.29, 0.717) is 5.69 Å². The average molecular weight is 255 g/mol. The molecule has 0 aliphatic heterocycles. The third kappa shape index (κ3) is 5.16. The lowest BCUT2D eigenvalue weighted by atomic mass is 10.3. The van der Waals surface area contributed by atoms with Gasteiger partial charge in [0.2, 0.25) is 11.2 Å². The van der Waals surface area contributed by atoms with Crippen LogP contribution in [0.15, 0.2) is 6.07 Å². The lowest BCUT2D eigenvalue weighted by Crippen LogP contribution is -2.10. The fourth-order valence-corrected chi connectivity index (χ4v) is 1.24. The summed E-state index contributed by atoms with van der Waals surface area (Å²) in [6.07, 6.45) is -5.13. The van der Waals surface area contributed by atoms with Crippen molar-refractivity contribution in [2.45, 2.75) is 25.9 Å². The Morgan fingerprint density at radius 2 is 2.06 bits per heavy atom. The first-order valence-corrected chi connectivity index (χ1v) is 4.95. The number of ether oxygens (including phenoxy) is 1. The molecule has 90 valence electrons. The Balaban J connectivity index is 2.37. The highest BCUT2D eigenvalue weighted by Gasteiger charge is 2.26. The molecule has 0 amide bonds. The summed E-state index contributed by atoms with van der Waals surface area (Å²) in [5.41, 5.74) is 0.603. The normalized spacial score (nSPS) is 11.6. The van der Waals surface area contributed by atoms with Crippen molar-refractivity contribution in [2.75, 3.05) is 6.61 Å². The molecular weight excluding hydrogens is 245 g/mol. The first-order valence-electron chi connectivity index (χ1n) is 4.57. The van der Waals surface area contributed by atoms with Crippen molar-refractivity contribution in [3.63, 3.8) is 0 Å². The summed E-state index contributed by atoms with van der Waals surface area (Å²) in [6.45, 7) is 1.64. The SMILES string of the molecule is Cc1cc(OCCCC(F)(F)F)nc(Cl)n1. The summed E-state index contributed by atoms with van der Waals surface area (Å²) in [7, 11) is 0. The first-order chi connectivity index (χ1) is 7.37. The summed E-state index contributed by atoms with van der Waals surface area (Å²) in [5, 5.41) is 0.0193. The van der Waals surface area contributed by atoms with E-state index in [9.17, 15) is 13.2 Å². The van der Waals surface area contributed by atoms with Gasteiger partial charge >= 0.3 is 6.18 Å². The van der Waals surface area contributed by atoms with Crippen LogP contribution < -0.4 is 4.74 Å². The topological polar surface area (TPSA) is 35.0 Å². The second kappa shape index (κ2) is 5.34. The van der Waals surface area contributed by atoms with Crippen molar-refractivity contribution in [1.29, 1.82) is 0 Å². The maximum atomic E-state index is 11.8. The zero-order valence-electron chi connectivity index (χ0n) is 8.51. The second-order valence-corrected chi connectivity index (χ2v) is 3.52. The van der Waals surface area contributed by atoms with Gasteiger partial charge in [0.05, 0.1) is 6.61 Å². The van der Waals surface area contributed by atoms with Gasteiger partial charge in [-0.1, -0.05) is 0 Å². The van der Waals surface area contributed by atoms with Crippen molar-refractivity contribution in [3.05, 3.63) is 17.0 Å². The maximum Gasteiger partial charge on any atom is 0.389 e. The number of rotatable bonds is 4. The van der Waals surface area contributed by atoms with Gasteiger partial charge in [0.15, 0.2) is 0 Å². The molecule has 3 nitrogen and oxygen atoms in total. The van der Waals surface area contributed by atoms with Crippen LogP contribution in [0.25, 0.3) is 0 Å². The number of hydrogen-bond donors (Lipinski definition) is 0. The van der Waals surface area contributed by atoms with Gasteiger partial charge in [-0.15, -0.1) is 0 Å². The van der Waals surface area contributed by atoms with E-state index in [1.54, 1.807) is 6.92 Å². The van der Waals surface area contributed by atoms with Crippen LogP contribution in [0.4, 0.5) is 13.2 Å². The van der Waals surface area contributed by atoms with Crippen LogP contribution in [0.5, 0.6) is 5.88 Å². The van der Waals surface area contributed by atoms with E-state index in [-0.39, 0.29) is 24.2 Å². The van der Waals surface area contributed by atoms with Crippen molar-refractivity contribution >= 4 is 11.6 Å². The molecule has 0 saturated carbocycles. The molecule has 0 aromatic carbocycles. The molecule has 1 aromatic rings. The van der Waals surface area contributed by atoms with E-state index in [1.807, 2.05) is 0 Å². The number of hydrogen-bond acceptors (Lipinski definition) is 3. The van der Waals surface area contributed by atoms with Gasteiger partial charge in [0, 0.05) is 18.2 Å². The molecule has 0 radical (unpaired) electrons. The first kappa shape index (κ1) is 13.0. The van der Waals surface area contributed by atoms with Crippen molar-refractivity contribution < 1.29 is 17.9 Å². The van der Waals surface area contributed by atoms with Crippen LogP contribution in [-0.2, 0) is 0 Å². The lowest BCUT2D eigenvalue weighted by Gasteiger charge is -2.07. The molecule has 7 heteroatoms. The Morgan fingerprint density at radius 3 is 2.62 bits per heavy atom. The third-order valence-electron chi connectivity index (χ3n) is 1.66. The smallest absolute Gasteiger partial charge is 0.389 e. The van der Waals surface area contributed by atoms with Crippen molar-refractivity contribution in [2.24, 2.45) is 0 Å². The molecule has 0 atom stereocenters. The molecule has 0 saturated heterocycles. The molecular formula is C9H10ClF3N2O. The highest BCUT2D eigenvalue weighted by Crippen LogP contribution is 2.21. The fourth-order valence-electron chi connectivity index (χ4n) is 1.03. The average Bonchev–Trinajstić information content (AvgIpc) is 2.09. The Morgan fingerprint density at radius 1 is 1.38 bits per heavy atom. The summed E-state index contributed by atoms with van der Waals surface area (Å²) in [6, 6.07) is 1.51. The summed E-state index contributed by atoms with van der Waals surface area (Å²) < 4.78 is 40.4. The zero-order chi connectivity index (χ0) is 12.2. The number of halogens is 4. The predicted octanol–water partition coefficient (Wildman–Crippen LogP) is 3.16. The second-order valence-electron chi connectivity index (χ2n) is 3.18. The van der Waals surface area contributed by atoms with Crippen LogP contribution >= 0.6 is 11.6 Å². The molecule has 1 aromatic heterocycles. The van der Waals surface area contributed by atoms with E-state index in [0.717, 1.165) is 0 Å². The Bertz CT molecular complexity index is 337. The van der Waals surface area contributed by atoms with E-state index >= 15 is 0 Å². The monoisotopic (exact) mass is 254 g/mol. The number of nitrogens with zero attached hydrogens (tertiary/aromatic N) is 2. The van der Waals surface area contributed by atoms with Crippen LogP contribution in [-0.4, -0.2) is 22.8 Å². The van der Waals surface area contributed by atoms with Gasteiger partial charge in [-0.05, 0) is 24.9 Å². The van der Waals surface area contributed by atoms with Crippen molar-refractivity contribution in [3.8, 4) is 5.88 Å². The molecule has 0 unspecified atom stereocenters. The Kier molecular flexibility index (Phi) is 4.35. The highest BCUT2D eigenvalue weighted by atomic mass is 35.5. The molecule has 1 heterocycles. The summed E-state index contributed by atoms with van der Waals surface area (Å²) in [5.74, 6) is 0.194. The zero-order valence-corrected chi connectivity index (χ0v) is 9.27. The Labute approximate surface area is 95.6 Å². The molecule has 0 bridgehead atoms. The molecule has 0 spiro atoms. The standard InChI is InChI=1S/C9H10ClF3N2O/c1-6-5-7(15-8(10)14-6)16-4-2-3-9(11,12)13/h5H,2-4H2,1H3. The highest BCUT2D eigenvalue weighted by molar-refractivity contribution is 6.28. The van der Waals surface area contributed by atoms with E-state index in [1.165, 1.54) is 6.07 Å². The van der Waals surface area contributed by atoms with Crippen LogP contribution in [0, 0.1) is 6.92 Å². The molecule has 16 heavy (non-hydrogen) atoms. The number of aromatic nitrogens is 2. The quantitative estimate of drug-likeness (QED) is 0.612. The van der Waals surface area contributed by atoms with E-state index < -0.39 is 12.6 Å². The third-order valence-corrected chi connectivity index (χ3v) is 1.83. The summed E-state index contributed by atoms with van der Waals surface area (Å²) >= 11 is 5.55. The minimum Gasteiger partial charge on any atom is -0.478 e. The Hall–Kier alpha value is -1.04. The minimum absolute atomic E-state index is 0.0193. The van der Waals surface area contributed by atoms with Gasteiger partial charge in [-0.25, -0.2) is 4.98 Å². The van der Waals surface area contributed by atoms with Gasteiger partial charge in [-0.3, -0.25) is 0 Å².